The van der Waals surface area contributed by atoms with Gasteiger partial charge in [-0.1, -0.05) is 74.2 Å². The second-order valence-corrected chi connectivity index (χ2v) is 10.0. The first-order valence-corrected chi connectivity index (χ1v) is 12.9. The zero-order chi connectivity index (χ0) is 25.1. The van der Waals surface area contributed by atoms with E-state index in [0.717, 1.165) is 48.3 Å². The van der Waals surface area contributed by atoms with Crippen molar-refractivity contribution in [3.63, 3.8) is 0 Å². The van der Waals surface area contributed by atoms with E-state index in [1.165, 1.54) is 12.8 Å². The Balaban J connectivity index is 1.49. The highest BCUT2D eigenvalue weighted by molar-refractivity contribution is 6.00. The minimum absolute atomic E-state index is 0.0332. The minimum atomic E-state index is -1.05. The van der Waals surface area contributed by atoms with Crippen LogP contribution in [0, 0.1) is 0 Å². The second-order valence-electron chi connectivity index (χ2n) is 10.0. The van der Waals surface area contributed by atoms with Crippen LogP contribution in [0.15, 0.2) is 60.7 Å². The molecule has 1 aliphatic carbocycles. The number of nitrogens with zero attached hydrogens (tertiary/aromatic N) is 3. The molecule has 1 aliphatic heterocycles. The molecular formula is C29H34N4O3. The quantitative estimate of drug-likeness (QED) is 0.507. The van der Waals surface area contributed by atoms with E-state index < -0.39 is 5.54 Å². The molecule has 0 saturated heterocycles. The van der Waals surface area contributed by atoms with Crippen LogP contribution in [0.3, 0.4) is 0 Å². The summed E-state index contributed by atoms with van der Waals surface area (Å²) in [6.45, 7) is 2.53. The molecule has 1 atom stereocenters. The van der Waals surface area contributed by atoms with E-state index in [9.17, 15) is 9.59 Å². The fourth-order valence-corrected chi connectivity index (χ4v) is 5.66. The van der Waals surface area contributed by atoms with Crippen molar-refractivity contribution >= 4 is 11.8 Å². The van der Waals surface area contributed by atoms with Crippen LogP contribution in [0.2, 0.25) is 0 Å². The fraction of sp³-hybridized carbons (Fsp3) is 0.414. The lowest BCUT2D eigenvalue weighted by Gasteiger charge is -2.47. The van der Waals surface area contributed by atoms with E-state index in [0.29, 0.717) is 18.8 Å². The van der Waals surface area contributed by atoms with Gasteiger partial charge in [0.2, 0.25) is 5.91 Å². The highest BCUT2D eigenvalue weighted by Gasteiger charge is 2.50. The summed E-state index contributed by atoms with van der Waals surface area (Å²) in [5.41, 5.74) is 2.09. The molecule has 7 nitrogen and oxygen atoms in total. The summed E-state index contributed by atoms with van der Waals surface area (Å²) < 4.78 is 7.18. The van der Waals surface area contributed by atoms with E-state index in [1.807, 2.05) is 72.5 Å². The summed E-state index contributed by atoms with van der Waals surface area (Å²) in [5.74, 6) is 0.441. The normalized spacial score (nSPS) is 20.5. The van der Waals surface area contributed by atoms with Crippen LogP contribution >= 0.6 is 0 Å². The Morgan fingerprint density at radius 1 is 1.06 bits per heavy atom. The number of aromatic nitrogens is 2. The molecule has 1 fully saturated rings. The molecule has 1 saturated carbocycles. The summed E-state index contributed by atoms with van der Waals surface area (Å²) in [6, 6.07) is 19.4. The number of fused-ring (bicyclic) bond motifs is 1. The number of hydrogen-bond acceptors (Lipinski definition) is 4. The van der Waals surface area contributed by atoms with Crippen LogP contribution in [0.5, 0.6) is 5.75 Å². The molecule has 2 aliphatic rings. The van der Waals surface area contributed by atoms with Crippen molar-refractivity contribution in [3.05, 3.63) is 71.9 Å². The molecule has 0 unspecified atom stereocenters. The summed E-state index contributed by atoms with van der Waals surface area (Å²) in [5, 5.41) is 7.87. The van der Waals surface area contributed by atoms with Crippen LogP contribution in [-0.4, -0.2) is 45.2 Å². The Kier molecular flexibility index (Phi) is 6.81. The van der Waals surface area contributed by atoms with Gasteiger partial charge in [-0.25, -0.2) is 0 Å². The molecule has 7 heteroatoms. The zero-order valence-electron chi connectivity index (χ0n) is 21.1. The van der Waals surface area contributed by atoms with Gasteiger partial charge in [0.15, 0.2) is 0 Å². The van der Waals surface area contributed by atoms with Gasteiger partial charge in [-0.15, -0.1) is 0 Å². The Morgan fingerprint density at radius 2 is 1.75 bits per heavy atom. The molecule has 2 aromatic carbocycles. The third-order valence-electron chi connectivity index (χ3n) is 7.59. The van der Waals surface area contributed by atoms with Crippen molar-refractivity contribution in [2.45, 2.75) is 70.1 Å². The number of carbonyl (C=O) groups excluding carboxylic acids is 2. The number of benzene rings is 2. The average Bonchev–Trinajstić information content (AvgIpc) is 3.15. The molecule has 0 spiro atoms. The molecule has 188 valence electrons. The van der Waals surface area contributed by atoms with E-state index in [-0.39, 0.29) is 17.9 Å². The van der Waals surface area contributed by atoms with Crippen LogP contribution in [0.1, 0.15) is 61.5 Å². The molecule has 0 bridgehead atoms. The number of para-hydroxylation sites is 1. The Labute approximate surface area is 212 Å². The molecule has 5 rings (SSSR count). The molecule has 2 heterocycles. The summed E-state index contributed by atoms with van der Waals surface area (Å²) in [7, 11) is 1.62. The third kappa shape index (κ3) is 4.50. The number of carbonyl (C=O) groups is 2. The topological polar surface area (TPSA) is 76.5 Å². The van der Waals surface area contributed by atoms with E-state index in [2.05, 4.69) is 5.32 Å². The zero-order valence-corrected chi connectivity index (χ0v) is 21.1. The maximum atomic E-state index is 14.0. The van der Waals surface area contributed by atoms with Crippen LogP contribution in [-0.2, 0) is 17.9 Å². The number of ether oxygens (including phenoxy) is 1. The van der Waals surface area contributed by atoms with Gasteiger partial charge in [0, 0.05) is 23.7 Å². The predicted molar refractivity (Wildman–Crippen MR) is 139 cm³/mol. The molecule has 1 N–H and O–H groups in total. The van der Waals surface area contributed by atoms with E-state index in [1.54, 1.807) is 11.8 Å². The van der Waals surface area contributed by atoms with Crippen LogP contribution in [0.4, 0.5) is 0 Å². The number of rotatable bonds is 6. The van der Waals surface area contributed by atoms with Gasteiger partial charge < -0.3 is 15.0 Å². The average molecular weight is 487 g/mol. The van der Waals surface area contributed by atoms with Crippen LogP contribution < -0.4 is 10.1 Å². The predicted octanol–water partition coefficient (Wildman–Crippen LogP) is 4.81. The summed E-state index contributed by atoms with van der Waals surface area (Å²) in [6.07, 6.45) is 6.32. The van der Waals surface area contributed by atoms with Gasteiger partial charge in [0.1, 0.15) is 17.0 Å². The second kappa shape index (κ2) is 10.2. The van der Waals surface area contributed by atoms with Crippen molar-refractivity contribution in [2.24, 2.45) is 0 Å². The first kappa shape index (κ1) is 24.1. The van der Waals surface area contributed by atoms with Crippen molar-refractivity contribution in [2.75, 3.05) is 7.11 Å². The highest BCUT2D eigenvalue weighted by atomic mass is 16.5. The van der Waals surface area contributed by atoms with Gasteiger partial charge in [-0.05, 0) is 31.9 Å². The number of methoxy groups -OCH3 is 1. The first-order chi connectivity index (χ1) is 17.5. The number of nitrogens with one attached hydrogen (secondary N) is 1. The highest BCUT2D eigenvalue weighted by Crippen LogP contribution is 2.35. The molecule has 0 radical (unpaired) electrons. The Morgan fingerprint density at radius 3 is 2.47 bits per heavy atom. The number of hydrogen-bond donors (Lipinski definition) is 1. The molecule has 2 amide bonds. The van der Waals surface area contributed by atoms with Crippen molar-refractivity contribution < 1.29 is 14.3 Å². The maximum Gasteiger partial charge on any atom is 0.273 e. The SMILES string of the molecule is COc1ccccc1CNC(=O)[C@]1(C)Cn2nc(-c3ccccc3)cc2C(=O)N1C1CCCCCC1. The van der Waals surface area contributed by atoms with E-state index >= 15 is 0 Å². The summed E-state index contributed by atoms with van der Waals surface area (Å²) >= 11 is 0. The lowest BCUT2D eigenvalue weighted by molar-refractivity contribution is -0.135. The van der Waals surface area contributed by atoms with Gasteiger partial charge in [-0.3, -0.25) is 14.3 Å². The smallest absolute Gasteiger partial charge is 0.273 e. The fourth-order valence-electron chi connectivity index (χ4n) is 5.66. The first-order valence-electron chi connectivity index (χ1n) is 12.9. The van der Waals surface area contributed by atoms with Crippen molar-refractivity contribution in [3.8, 4) is 17.0 Å². The van der Waals surface area contributed by atoms with Gasteiger partial charge in [-0.2, -0.15) is 5.10 Å². The monoisotopic (exact) mass is 486 g/mol. The molecule has 3 aromatic rings. The Bertz CT molecular complexity index is 1230. The van der Waals surface area contributed by atoms with Crippen molar-refractivity contribution in [1.82, 2.24) is 20.0 Å². The van der Waals surface area contributed by atoms with Gasteiger partial charge in [0.05, 0.1) is 19.3 Å². The van der Waals surface area contributed by atoms with E-state index in [4.69, 9.17) is 9.84 Å². The maximum absolute atomic E-state index is 14.0. The lowest BCUT2D eigenvalue weighted by Crippen LogP contribution is -2.66. The molecular weight excluding hydrogens is 452 g/mol. The number of amides is 2. The lowest BCUT2D eigenvalue weighted by atomic mass is 9.90. The summed E-state index contributed by atoms with van der Waals surface area (Å²) in [4.78, 5) is 29.8. The largest absolute Gasteiger partial charge is 0.496 e. The standard InChI is InChI=1S/C29H34N4O3/c1-29(28(35)30-19-22-14-10-11-17-26(22)36-2)20-32-25(18-24(31-32)21-12-6-5-7-13-21)27(34)33(29)23-15-8-3-4-9-16-23/h5-7,10-14,17-18,23H,3-4,8-9,15-16,19-20H2,1-2H3,(H,30,35)/t29-/m0/s1. The van der Waals surface area contributed by atoms with Gasteiger partial charge in [0.25, 0.3) is 5.91 Å². The third-order valence-corrected chi connectivity index (χ3v) is 7.59. The van der Waals surface area contributed by atoms with Gasteiger partial charge >= 0.3 is 0 Å². The molecule has 1 aromatic heterocycles. The van der Waals surface area contributed by atoms with Crippen LogP contribution in [0.25, 0.3) is 11.3 Å². The van der Waals surface area contributed by atoms with Crippen molar-refractivity contribution in [1.29, 1.82) is 0 Å². The molecule has 36 heavy (non-hydrogen) atoms. The minimum Gasteiger partial charge on any atom is -0.496 e. The Hall–Kier alpha value is -3.61.